The lowest BCUT2D eigenvalue weighted by molar-refractivity contribution is 0.433. The maximum atomic E-state index is 9.41. The number of thiazole rings is 1. The van der Waals surface area contributed by atoms with Crippen molar-refractivity contribution in [1.29, 1.82) is 0 Å². The van der Waals surface area contributed by atoms with E-state index >= 15 is 0 Å². The molecule has 18 heavy (non-hydrogen) atoms. The third kappa shape index (κ3) is 1.98. The van der Waals surface area contributed by atoms with Crippen LogP contribution in [-0.4, -0.2) is 20.2 Å². The van der Waals surface area contributed by atoms with Crippen LogP contribution in [0.25, 0.3) is 22.2 Å². The smallest absolute Gasteiger partial charge is 0.269 e. The van der Waals surface area contributed by atoms with Gasteiger partial charge in [0.15, 0.2) is 0 Å². The van der Waals surface area contributed by atoms with Crippen molar-refractivity contribution in [3.63, 3.8) is 0 Å². The first-order chi connectivity index (χ1) is 8.72. The summed E-state index contributed by atoms with van der Waals surface area (Å²) in [5, 5.41) is 14.2. The Balaban J connectivity index is 1.99. The fourth-order valence-electron chi connectivity index (χ4n) is 1.55. The van der Waals surface area contributed by atoms with E-state index in [1.54, 1.807) is 24.4 Å². The minimum absolute atomic E-state index is 0.174. The molecule has 0 fully saturated rings. The number of nitrogens with zero attached hydrogens (tertiary/aromatic N) is 3. The van der Waals surface area contributed by atoms with Gasteiger partial charge in [0.05, 0.1) is 11.2 Å². The van der Waals surface area contributed by atoms with Gasteiger partial charge in [0.25, 0.3) is 5.89 Å². The fourth-order valence-corrected chi connectivity index (χ4v) is 2.25. The second-order valence-corrected chi connectivity index (χ2v) is 4.95. The van der Waals surface area contributed by atoms with Gasteiger partial charge in [0, 0.05) is 5.56 Å². The Bertz CT molecular complexity index is 690. The summed E-state index contributed by atoms with van der Waals surface area (Å²) < 4.78 is 5.19. The molecule has 5 nitrogen and oxygen atoms in total. The molecule has 0 unspecified atom stereocenters. The highest BCUT2D eigenvalue weighted by Gasteiger charge is 2.12. The van der Waals surface area contributed by atoms with Gasteiger partial charge in [-0.2, -0.15) is 4.98 Å². The molecule has 0 bridgehead atoms. The van der Waals surface area contributed by atoms with Crippen LogP contribution in [0.3, 0.4) is 0 Å². The first-order valence-electron chi connectivity index (χ1n) is 5.28. The molecule has 0 atom stereocenters. The number of aryl methyl sites for hydroxylation is 1. The molecule has 1 aromatic carbocycles. The van der Waals surface area contributed by atoms with Crippen molar-refractivity contribution in [1.82, 2.24) is 15.1 Å². The molecule has 2 heterocycles. The average molecular weight is 259 g/mol. The number of hydrogen-bond donors (Lipinski definition) is 1. The number of phenols is 1. The Morgan fingerprint density at radius 3 is 2.94 bits per heavy atom. The molecule has 90 valence electrons. The zero-order chi connectivity index (χ0) is 12.5. The van der Waals surface area contributed by atoms with Gasteiger partial charge in [-0.3, -0.25) is 0 Å². The summed E-state index contributed by atoms with van der Waals surface area (Å²) in [5.74, 6) is 1.07. The van der Waals surface area contributed by atoms with Gasteiger partial charge in [0.1, 0.15) is 10.6 Å². The molecule has 0 radical (unpaired) electrons. The highest BCUT2D eigenvalue weighted by atomic mass is 32.1. The van der Waals surface area contributed by atoms with Crippen molar-refractivity contribution in [3.05, 3.63) is 35.5 Å². The Morgan fingerprint density at radius 2 is 2.22 bits per heavy atom. The lowest BCUT2D eigenvalue weighted by Gasteiger charge is -1.94. The number of benzene rings is 1. The van der Waals surface area contributed by atoms with Crippen LogP contribution in [0.2, 0.25) is 0 Å². The van der Waals surface area contributed by atoms with Crippen LogP contribution >= 0.6 is 11.3 Å². The molecule has 2 aromatic heterocycles. The van der Waals surface area contributed by atoms with E-state index in [0.717, 1.165) is 9.88 Å². The molecule has 0 saturated heterocycles. The van der Waals surface area contributed by atoms with Crippen LogP contribution in [0.4, 0.5) is 0 Å². The Kier molecular flexibility index (Phi) is 2.56. The van der Waals surface area contributed by atoms with E-state index in [-0.39, 0.29) is 5.75 Å². The van der Waals surface area contributed by atoms with Crippen molar-refractivity contribution < 1.29 is 9.63 Å². The zero-order valence-corrected chi connectivity index (χ0v) is 10.3. The first-order valence-corrected chi connectivity index (χ1v) is 6.10. The van der Waals surface area contributed by atoms with Crippen molar-refractivity contribution in [3.8, 4) is 27.9 Å². The predicted molar refractivity (Wildman–Crippen MR) is 67.2 cm³/mol. The van der Waals surface area contributed by atoms with Crippen LogP contribution in [-0.2, 0) is 0 Å². The van der Waals surface area contributed by atoms with Gasteiger partial charge in [-0.15, -0.1) is 11.3 Å². The summed E-state index contributed by atoms with van der Waals surface area (Å²) in [6, 6.07) is 6.73. The largest absolute Gasteiger partial charge is 0.508 e. The van der Waals surface area contributed by atoms with Crippen LogP contribution in [0.5, 0.6) is 5.75 Å². The van der Waals surface area contributed by atoms with Crippen LogP contribution in [0.1, 0.15) is 5.01 Å². The Morgan fingerprint density at radius 1 is 1.33 bits per heavy atom. The number of aromatic hydroxyl groups is 1. The van der Waals surface area contributed by atoms with E-state index in [4.69, 9.17) is 4.52 Å². The van der Waals surface area contributed by atoms with Crippen molar-refractivity contribution in [2.24, 2.45) is 0 Å². The van der Waals surface area contributed by atoms with Crippen molar-refractivity contribution >= 4 is 11.3 Å². The minimum Gasteiger partial charge on any atom is -0.508 e. The van der Waals surface area contributed by atoms with Gasteiger partial charge < -0.3 is 9.63 Å². The highest BCUT2D eigenvalue weighted by Crippen LogP contribution is 2.27. The summed E-state index contributed by atoms with van der Waals surface area (Å²) in [6.07, 6.45) is 1.71. The molecule has 1 N–H and O–H groups in total. The number of phenolic OH excluding ortho intramolecular Hbond substituents is 1. The van der Waals surface area contributed by atoms with Crippen LogP contribution in [0.15, 0.2) is 35.0 Å². The molecular formula is C12H9N3O2S. The first kappa shape index (κ1) is 10.9. The van der Waals surface area contributed by atoms with E-state index in [9.17, 15) is 5.11 Å². The number of aromatic nitrogens is 3. The Hall–Kier alpha value is -2.21. The molecule has 3 rings (SSSR count). The van der Waals surface area contributed by atoms with E-state index in [1.165, 1.54) is 11.3 Å². The maximum absolute atomic E-state index is 9.41. The van der Waals surface area contributed by atoms with Gasteiger partial charge in [-0.05, 0) is 19.1 Å². The lowest BCUT2D eigenvalue weighted by Crippen LogP contribution is -1.79. The summed E-state index contributed by atoms with van der Waals surface area (Å²) in [7, 11) is 0. The molecular weight excluding hydrogens is 250 g/mol. The van der Waals surface area contributed by atoms with E-state index in [1.807, 2.05) is 13.0 Å². The topological polar surface area (TPSA) is 72.0 Å². The molecule has 0 aliphatic carbocycles. The average Bonchev–Trinajstić information content (AvgIpc) is 2.97. The van der Waals surface area contributed by atoms with Gasteiger partial charge in [-0.1, -0.05) is 17.3 Å². The fraction of sp³-hybridized carbons (Fsp3) is 0.0833. The molecule has 0 amide bonds. The van der Waals surface area contributed by atoms with E-state index in [2.05, 4.69) is 15.1 Å². The van der Waals surface area contributed by atoms with Crippen LogP contribution < -0.4 is 0 Å². The van der Waals surface area contributed by atoms with Gasteiger partial charge in [0.2, 0.25) is 5.82 Å². The van der Waals surface area contributed by atoms with Gasteiger partial charge >= 0.3 is 0 Å². The second-order valence-electron chi connectivity index (χ2n) is 3.72. The summed E-state index contributed by atoms with van der Waals surface area (Å²) >= 11 is 1.50. The highest BCUT2D eigenvalue weighted by molar-refractivity contribution is 7.14. The molecule has 6 heteroatoms. The third-order valence-electron chi connectivity index (χ3n) is 2.36. The standard InChI is InChI=1S/C12H9N3O2S/c1-7-13-6-10(18-7)12-14-11(15-17-12)8-3-2-4-9(16)5-8/h2-6,16H,1H3. The SMILES string of the molecule is Cc1ncc(-c2nc(-c3cccc(O)c3)no2)s1. The van der Waals surface area contributed by atoms with Gasteiger partial charge in [-0.25, -0.2) is 4.98 Å². The predicted octanol–water partition coefficient (Wildman–Crippen LogP) is 2.87. The monoisotopic (exact) mass is 259 g/mol. The number of hydrogen-bond acceptors (Lipinski definition) is 6. The maximum Gasteiger partial charge on any atom is 0.269 e. The second kappa shape index (κ2) is 4.23. The summed E-state index contributed by atoms with van der Waals surface area (Å²) in [5.41, 5.74) is 0.714. The zero-order valence-electron chi connectivity index (χ0n) is 9.49. The summed E-state index contributed by atoms with van der Waals surface area (Å²) in [6.45, 7) is 1.92. The quantitative estimate of drug-likeness (QED) is 0.766. The molecule has 0 spiro atoms. The molecule has 0 saturated carbocycles. The van der Waals surface area contributed by atoms with Crippen LogP contribution in [0, 0.1) is 6.92 Å². The number of rotatable bonds is 2. The lowest BCUT2D eigenvalue weighted by atomic mass is 10.2. The summed E-state index contributed by atoms with van der Waals surface area (Å²) in [4.78, 5) is 9.27. The molecule has 0 aliphatic heterocycles. The van der Waals surface area contributed by atoms with Crippen molar-refractivity contribution in [2.75, 3.05) is 0 Å². The third-order valence-corrected chi connectivity index (χ3v) is 3.26. The Labute approximate surface area is 107 Å². The van der Waals surface area contributed by atoms with E-state index < -0.39 is 0 Å². The molecule has 3 aromatic rings. The minimum atomic E-state index is 0.174. The molecule has 0 aliphatic rings. The van der Waals surface area contributed by atoms with E-state index in [0.29, 0.717) is 17.3 Å². The van der Waals surface area contributed by atoms with Crippen molar-refractivity contribution in [2.45, 2.75) is 6.92 Å². The normalized spacial score (nSPS) is 10.7.